The first kappa shape index (κ1) is 57.6. The van der Waals surface area contributed by atoms with Gasteiger partial charge in [0.2, 0.25) is 0 Å². The van der Waals surface area contributed by atoms with Crippen LogP contribution in [-0.4, -0.2) is 142 Å². The van der Waals surface area contributed by atoms with Crippen molar-refractivity contribution in [1.29, 1.82) is 0 Å². The lowest BCUT2D eigenvalue weighted by molar-refractivity contribution is -0.332. The second kappa shape index (κ2) is 37.5. The summed E-state index contributed by atoms with van der Waals surface area (Å²) in [6.07, 6.45) is 23.7. The molecule has 11 unspecified atom stereocenters. The first-order valence-corrected chi connectivity index (χ1v) is 24.9. The molecule has 2 aliphatic rings. The summed E-state index contributed by atoms with van der Waals surface area (Å²) in [6.45, 7) is 3.50. The zero-order chi connectivity index (χ0) is 45.9. The highest BCUT2D eigenvalue weighted by Gasteiger charge is 2.47. The lowest BCUT2D eigenvalue weighted by Gasteiger charge is -2.42. The Bertz CT molecular complexity index is 1140. The molecule has 0 aromatic rings. The molecule has 0 saturated carbocycles. The smallest absolute Gasteiger partial charge is 0.306 e. The van der Waals surface area contributed by atoms with Gasteiger partial charge in [0.05, 0.1) is 26.4 Å². The molecule has 0 aromatic heterocycles. The van der Waals surface area contributed by atoms with Crippen LogP contribution in [0.2, 0.25) is 0 Å². The van der Waals surface area contributed by atoms with Gasteiger partial charge in [-0.05, 0) is 44.9 Å². The SMILES string of the molecule is CCCCCCC/C=C\C/C=C\CCCCCCCCCCCCCCCCOCC(COC1OC(COC2OC(CO)C(O)C(O)C2O)C(O)C(O)C1O)OC(=O)CCCCC. The molecule has 2 aliphatic heterocycles. The summed E-state index contributed by atoms with van der Waals surface area (Å²) in [5.74, 6) is -0.400. The van der Waals surface area contributed by atoms with Crippen LogP contribution in [0.15, 0.2) is 24.3 Å². The van der Waals surface area contributed by atoms with E-state index in [1.165, 1.54) is 116 Å². The van der Waals surface area contributed by atoms with Crippen LogP contribution in [0.1, 0.15) is 181 Å². The average Bonchev–Trinajstić information content (AvgIpc) is 3.28. The van der Waals surface area contributed by atoms with Gasteiger partial charge in [0.1, 0.15) is 54.9 Å². The number of ether oxygens (including phenoxy) is 6. The van der Waals surface area contributed by atoms with Gasteiger partial charge in [-0.1, -0.05) is 154 Å². The maximum atomic E-state index is 12.6. The number of rotatable bonds is 39. The van der Waals surface area contributed by atoms with Crippen LogP contribution in [0.25, 0.3) is 0 Å². The largest absolute Gasteiger partial charge is 0.457 e. The van der Waals surface area contributed by atoms with Gasteiger partial charge in [-0.3, -0.25) is 4.79 Å². The van der Waals surface area contributed by atoms with Crippen LogP contribution in [0.5, 0.6) is 0 Å². The zero-order valence-electron chi connectivity index (χ0n) is 39.1. The quantitative estimate of drug-likeness (QED) is 0.0191. The highest BCUT2D eigenvalue weighted by atomic mass is 16.7. The molecule has 14 heteroatoms. The summed E-state index contributed by atoms with van der Waals surface area (Å²) in [7, 11) is 0. The van der Waals surface area contributed by atoms with E-state index in [1.807, 2.05) is 6.92 Å². The molecular weight excluding hydrogens is 813 g/mol. The molecule has 11 atom stereocenters. The fourth-order valence-corrected chi connectivity index (χ4v) is 7.84. The number of carbonyl (C=O) groups excluding carboxylic acids is 1. The Labute approximate surface area is 379 Å². The van der Waals surface area contributed by atoms with Crippen molar-refractivity contribution in [3.8, 4) is 0 Å². The number of hydrogen-bond donors (Lipinski definition) is 7. The van der Waals surface area contributed by atoms with Gasteiger partial charge in [-0.2, -0.15) is 0 Å². The normalized spacial score (nSPS) is 27.1. The van der Waals surface area contributed by atoms with Crippen molar-refractivity contribution < 1.29 is 69.0 Å². The zero-order valence-corrected chi connectivity index (χ0v) is 39.1. The van der Waals surface area contributed by atoms with Gasteiger partial charge >= 0.3 is 5.97 Å². The Morgan fingerprint density at radius 3 is 1.52 bits per heavy atom. The number of unbranched alkanes of at least 4 members (excludes halogenated alkanes) is 21. The fraction of sp³-hybridized carbons (Fsp3) is 0.898. The third-order valence-corrected chi connectivity index (χ3v) is 12.0. The van der Waals surface area contributed by atoms with E-state index in [4.69, 9.17) is 28.4 Å². The highest BCUT2D eigenvalue weighted by molar-refractivity contribution is 5.69. The molecule has 0 bridgehead atoms. The van der Waals surface area contributed by atoms with Crippen LogP contribution < -0.4 is 0 Å². The highest BCUT2D eigenvalue weighted by Crippen LogP contribution is 2.26. The molecule has 2 saturated heterocycles. The molecule has 370 valence electrons. The van der Waals surface area contributed by atoms with Crippen LogP contribution in [0.3, 0.4) is 0 Å². The van der Waals surface area contributed by atoms with Gasteiger partial charge in [0.25, 0.3) is 0 Å². The van der Waals surface area contributed by atoms with Gasteiger partial charge in [0, 0.05) is 13.0 Å². The second-order valence-electron chi connectivity index (χ2n) is 17.6. The van der Waals surface area contributed by atoms with Crippen molar-refractivity contribution >= 4 is 5.97 Å². The summed E-state index contributed by atoms with van der Waals surface area (Å²) in [6, 6.07) is 0. The van der Waals surface area contributed by atoms with Gasteiger partial charge in [-0.25, -0.2) is 0 Å². The van der Waals surface area contributed by atoms with E-state index in [9.17, 15) is 40.5 Å². The van der Waals surface area contributed by atoms with Gasteiger partial charge < -0.3 is 64.2 Å². The molecule has 2 rings (SSSR count). The summed E-state index contributed by atoms with van der Waals surface area (Å²) >= 11 is 0. The summed E-state index contributed by atoms with van der Waals surface area (Å²) < 4.78 is 33.9. The number of hydrogen-bond acceptors (Lipinski definition) is 14. The van der Waals surface area contributed by atoms with E-state index in [0.29, 0.717) is 13.0 Å². The monoisotopic (exact) mass is 903 g/mol. The maximum Gasteiger partial charge on any atom is 0.306 e. The Morgan fingerprint density at radius 2 is 0.984 bits per heavy atom. The first-order valence-electron chi connectivity index (χ1n) is 24.9. The molecule has 0 aliphatic carbocycles. The number of esters is 1. The van der Waals surface area contributed by atoms with E-state index in [2.05, 4.69) is 31.2 Å². The maximum absolute atomic E-state index is 12.6. The molecule has 0 aromatic carbocycles. The van der Waals surface area contributed by atoms with Crippen molar-refractivity contribution in [2.45, 2.75) is 248 Å². The fourth-order valence-electron chi connectivity index (χ4n) is 7.84. The summed E-state index contributed by atoms with van der Waals surface area (Å²) in [5.41, 5.74) is 0. The Morgan fingerprint density at radius 1 is 0.524 bits per heavy atom. The van der Waals surface area contributed by atoms with Crippen LogP contribution in [0, 0.1) is 0 Å². The topological polar surface area (TPSA) is 214 Å². The van der Waals surface area contributed by atoms with Crippen LogP contribution in [0.4, 0.5) is 0 Å². The van der Waals surface area contributed by atoms with Crippen LogP contribution in [-0.2, 0) is 33.2 Å². The predicted molar refractivity (Wildman–Crippen MR) is 243 cm³/mol. The number of allylic oxidation sites excluding steroid dienone is 4. The molecule has 2 fully saturated rings. The van der Waals surface area contributed by atoms with Crippen molar-refractivity contribution in [1.82, 2.24) is 0 Å². The summed E-state index contributed by atoms with van der Waals surface area (Å²) in [5, 5.41) is 71.6. The van der Waals surface area contributed by atoms with E-state index in [0.717, 1.165) is 38.5 Å². The number of carbonyl (C=O) groups is 1. The van der Waals surface area contributed by atoms with Crippen molar-refractivity contribution in [3.63, 3.8) is 0 Å². The number of aliphatic hydroxyl groups is 7. The molecule has 0 amide bonds. The average molecular weight is 903 g/mol. The molecule has 0 radical (unpaired) electrons. The molecule has 2 heterocycles. The lowest BCUT2D eigenvalue weighted by Crippen LogP contribution is -2.61. The van der Waals surface area contributed by atoms with Crippen molar-refractivity contribution in [2.75, 3.05) is 33.0 Å². The van der Waals surface area contributed by atoms with Gasteiger partial charge in [0.15, 0.2) is 12.6 Å². The Balaban J connectivity index is 1.57. The van der Waals surface area contributed by atoms with E-state index in [1.54, 1.807) is 0 Å². The third kappa shape index (κ3) is 25.8. The molecule has 63 heavy (non-hydrogen) atoms. The minimum Gasteiger partial charge on any atom is -0.457 e. The minimum absolute atomic E-state index is 0.0615. The molecule has 7 N–H and O–H groups in total. The predicted octanol–water partition coefficient (Wildman–Crippen LogP) is 6.85. The minimum atomic E-state index is -1.70. The van der Waals surface area contributed by atoms with E-state index < -0.39 is 86.7 Å². The molecular formula is C49H90O14. The van der Waals surface area contributed by atoms with Gasteiger partial charge in [-0.15, -0.1) is 0 Å². The van der Waals surface area contributed by atoms with E-state index >= 15 is 0 Å². The van der Waals surface area contributed by atoms with E-state index in [-0.39, 0.29) is 19.6 Å². The number of aliphatic hydroxyl groups excluding tert-OH is 7. The van der Waals surface area contributed by atoms with Crippen LogP contribution >= 0.6 is 0 Å². The second-order valence-corrected chi connectivity index (χ2v) is 17.6. The Hall–Kier alpha value is -1.53. The summed E-state index contributed by atoms with van der Waals surface area (Å²) in [4.78, 5) is 12.6. The van der Waals surface area contributed by atoms with Crippen molar-refractivity contribution in [3.05, 3.63) is 24.3 Å². The molecule has 0 spiro atoms. The standard InChI is InChI=1S/C49H90O14/c1-3-5-7-8-9-10-11-12-13-14-15-16-17-18-19-20-21-22-23-24-25-26-27-28-29-31-33-58-35-38(61-41(51)32-30-6-4-2)36-59-48-47(57)45(55)43(53)40(63-48)37-60-49-46(56)44(54)42(52)39(34-50)62-49/h11-12,14-15,38-40,42-50,52-57H,3-10,13,16-37H2,1-2H3/b12-11-,15-14-. The van der Waals surface area contributed by atoms with Crippen molar-refractivity contribution in [2.24, 2.45) is 0 Å². The third-order valence-electron chi connectivity index (χ3n) is 12.0. The lowest BCUT2D eigenvalue weighted by atomic mass is 9.98. The molecule has 14 nitrogen and oxygen atoms in total. The Kier molecular flexibility index (Phi) is 34.3. The first-order chi connectivity index (χ1) is 30.6.